The van der Waals surface area contributed by atoms with Crippen LogP contribution in [0, 0.1) is 0 Å². The molecular formula is C17H28N6O2. The summed E-state index contributed by atoms with van der Waals surface area (Å²) in [5.41, 5.74) is 0. The number of imidazole rings is 1. The summed E-state index contributed by atoms with van der Waals surface area (Å²) in [5, 5.41) is 5.74. The van der Waals surface area contributed by atoms with E-state index in [1.54, 1.807) is 0 Å². The molecule has 0 aromatic carbocycles. The predicted octanol–water partition coefficient (Wildman–Crippen LogP) is -0.677. The van der Waals surface area contributed by atoms with E-state index in [1.807, 2.05) is 24.0 Å². The van der Waals surface area contributed by atoms with E-state index in [2.05, 4.69) is 25.4 Å². The first-order valence-electron chi connectivity index (χ1n) is 9.10. The topological polar surface area (TPSA) is 82.5 Å². The van der Waals surface area contributed by atoms with E-state index in [-0.39, 0.29) is 17.9 Å². The van der Waals surface area contributed by atoms with Crippen LogP contribution < -0.4 is 10.6 Å². The van der Waals surface area contributed by atoms with Crippen LogP contribution in [0.15, 0.2) is 12.4 Å². The number of piperazine rings is 1. The van der Waals surface area contributed by atoms with E-state index in [0.29, 0.717) is 13.1 Å². The van der Waals surface area contributed by atoms with Gasteiger partial charge in [0.25, 0.3) is 0 Å². The number of nitrogens with zero attached hydrogens (tertiary/aromatic N) is 4. The van der Waals surface area contributed by atoms with Gasteiger partial charge in [0.1, 0.15) is 11.9 Å². The van der Waals surface area contributed by atoms with Crippen LogP contribution in [0.4, 0.5) is 0 Å². The molecule has 0 saturated carbocycles. The van der Waals surface area contributed by atoms with Gasteiger partial charge in [-0.1, -0.05) is 0 Å². The third-order valence-electron chi connectivity index (χ3n) is 4.99. The number of rotatable bonds is 5. The van der Waals surface area contributed by atoms with Crippen molar-refractivity contribution in [2.24, 2.45) is 7.05 Å². The van der Waals surface area contributed by atoms with Crippen molar-refractivity contribution in [2.45, 2.75) is 31.8 Å². The van der Waals surface area contributed by atoms with Gasteiger partial charge in [0.2, 0.25) is 11.8 Å². The summed E-state index contributed by atoms with van der Waals surface area (Å²) < 4.78 is 2.04. The highest BCUT2D eigenvalue weighted by Crippen LogP contribution is 2.08. The molecule has 2 aliphatic heterocycles. The van der Waals surface area contributed by atoms with Crippen LogP contribution in [0.3, 0.4) is 0 Å². The van der Waals surface area contributed by atoms with Crippen molar-refractivity contribution in [3.05, 3.63) is 18.2 Å². The molecule has 2 saturated heterocycles. The quantitative estimate of drug-likeness (QED) is 0.737. The zero-order valence-corrected chi connectivity index (χ0v) is 14.9. The second kappa shape index (κ2) is 8.44. The second-order valence-electron chi connectivity index (χ2n) is 6.91. The Labute approximate surface area is 148 Å². The molecule has 0 unspecified atom stereocenters. The van der Waals surface area contributed by atoms with Crippen molar-refractivity contribution < 1.29 is 9.59 Å². The highest BCUT2D eigenvalue weighted by Gasteiger charge is 2.24. The molecule has 0 spiro atoms. The summed E-state index contributed by atoms with van der Waals surface area (Å²) in [6.07, 6.45) is 6.46. The van der Waals surface area contributed by atoms with Crippen molar-refractivity contribution in [2.75, 3.05) is 39.3 Å². The van der Waals surface area contributed by atoms with E-state index in [9.17, 15) is 9.59 Å². The Morgan fingerprint density at radius 3 is 2.76 bits per heavy atom. The number of carbonyl (C=O) groups is 2. The summed E-state index contributed by atoms with van der Waals surface area (Å²) in [7, 11) is 2.01. The maximum Gasteiger partial charge on any atom is 0.242 e. The van der Waals surface area contributed by atoms with Gasteiger partial charge in [-0.25, -0.2) is 4.98 Å². The van der Waals surface area contributed by atoms with Crippen molar-refractivity contribution >= 4 is 11.8 Å². The molecule has 2 fully saturated rings. The molecule has 8 heteroatoms. The number of aryl methyl sites for hydroxylation is 1. The lowest BCUT2D eigenvalue weighted by molar-refractivity contribution is -0.129. The number of aromatic nitrogens is 2. The first-order valence-corrected chi connectivity index (χ1v) is 9.10. The van der Waals surface area contributed by atoms with Gasteiger partial charge in [-0.3, -0.25) is 19.4 Å². The SMILES string of the molecule is Cn1ccnc1CN1CCN(CC(=O)N[C@H]2CCCCNC2=O)CC1. The highest BCUT2D eigenvalue weighted by atomic mass is 16.2. The number of amides is 2. The number of carbonyl (C=O) groups excluding carboxylic acids is 2. The normalized spacial score (nSPS) is 23.1. The molecule has 2 amide bonds. The molecule has 0 bridgehead atoms. The molecule has 25 heavy (non-hydrogen) atoms. The summed E-state index contributed by atoms with van der Waals surface area (Å²) in [4.78, 5) is 33.0. The van der Waals surface area contributed by atoms with Gasteiger partial charge in [-0.15, -0.1) is 0 Å². The molecule has 0 radical (unpaired) electrons. The molecule has 3 rings (SSSR count). The highest BCUT2D eigenvalue weighted by molar-refractivity contribution is 5.88. The standard InChI is InChI=1S/C17H28N6O2/c1-21-7-6-18-15(21)12-22-8-10-23(11-9-22)13-16(24)20-14-4-2-3-5-19-17(14)25/h6-7,14H,2-5,8-13H2,1H3,(H,19,25)(H,20,24)/t14-/m0/s1. The molecule has 2 aliphatic rings. The van der Waals surface area contributed by atoms with E-state index >= 15 is 0 Å². The second-order valence-corrected chi connectivity index (χ2v) is 6.91. The zero-order chi connectivity index (χ0) is 17.6. The number of hydrogen-bond donors (Lipinski definition) is 2. The van der Waals surface area contributed by atoms with Gasteiger partial charge in [0.15, 0.2) is 0 Å². The van der Waals surface area contributed by atoms with Gasteiger partial charge in [0.05, 0.1) is 13.1 Å². The van der Waals surface area contributed by atoms with Crippen LogP contribution >= 0.6 is 0 Å². The van der Waals surface area contributed by atoms with Crippen LogP contribution in [0.25, 0.3) is 0 Å². The fourth-order valence-electron chi connectivity index (χ4n) is 3.37. The zero-order valence-electron chi connectivity index (χ0n) is 14.9. The van der Waals surface area contributed by atoms with E-state index in [4.69, 9.17) is 0 Å². The van der Waals surface area contributed by atoms with Gasteiger partial charge in [-0.05, 0) is 19.3 Å². The molecule has 0 aliphatic carbocycles. The van der Waals surface area contributed by atoms with Gasteiger partial charge in [-0.2, -0.15) is 0 Å². The number of hydrogen-bond acceptors (Lipinski definition) is 5. The van der Waals surface area contributed by atoms with Crippen molar-refractivity contribution in [3.63, 3.8) is 0 Å². The Bertz CT molecular complexity index is 594. The molecule has 1 aromatic rings. The van der Waals surface area contributed by atoms with Crippen molar-refractivity contribution in [1.29, 1.82) is 0 Å². The minimum absolute atomic E-state index is 0.0502. The fourth-order valence-corrected chi connectivity index (χ4v) is 3.37. The maximum absolute atomic E-state index is 12.3. The molecule has 1 aromatic heterocycles. The minimum atomic E-state index is -0.375. The van der Waals surface area contributed by atoms with Crippen LogP contribution in [0.5, 0.6) is 0 Å². The molecule has 8 nitrogen and oxygen atoms in total. The lowest BCUT2D eigenvalue weighted by Gasteiger charge is -2.34. The number of nitrogens with one attached hydrogen (secondary N) is 2. The lowest BCUT2D eigenvalue weighted by Crippen LogP contribution is -2.52. The maximum atomic E-state index is 12.3. The van der Waals surface area contributed by atoms with Crippen molar-refractivity contribution in [3.8, 4) is 0 Å². The van der Waals surface area contributed by atoms with Crippen LogP contribution in [0.1, 0.15) is 25.1 Å². The average molecular weight is 348 g/mol. The van der Waals surface area contributed by atoms with Crippen LogP contribution in [0.2, 0.25) is 0 Å². The Morgan fingerprint density at radius 1 is 1.28 bits per heavy atom. The summed E-state index contributed by atoms with van der Waals surface area (Å²) in [6.45, 7) is 5.46. The lowest BCUT2D eigenvalue weighted by atomic mass is 10.1. The molecule has 3 heterocycles. The summed E-state index contributed by atoms with van der Waals surface area (Å²) >= 11 is 0. The van der Waals surface area contributed by atoms with Gasteiger partial charge >= 0.3 is 0 Å². The smallest absolute Gasteiger partial charge is 0.242 e. The first-order chi connectivity index (χ1) is 12.1. The third kappa shape index (κ3) is 5.02. The fraction of sp³-hybridized carbons (Fsp3) is 0.706. The average Bonchev–Trinajstić information content (AvgIpc) is 2.88. The van der Waals surface area contributed by atoms with Gasteiger partial charge < -0.3 is 15.2 Å². The Morgan fingerprint density at radius 2 is 2.04 bits per heavy atom. The summed E-state index contributed by atoms with van der Waals surface area (Å²) in [6, 6.07) is -0.375. The Kier molecular flexibility index (Phi) is 6.04. The minimum Gasteiger partial charge on any atom is -0.354 e. The largest absolute Gasteiger partial charge is 0.354 e. The molecule has 138 valence electrons. The summed E-state index contributed by atoms with van der Waals surface area (Å²) in [5.74, 6) is 0.955. The van der Waals surface area contributed by atoms with Gasteiger partial charge in [0, 0.05) is 52.2 Å². The Balaban J connectivity index is 1.40. The molecule has 2 N–H and O–H groups in total. The van der Waals surface area contributed by atoms with E-state index < -0.39 is 0 Å². The van der Waals surface area contributed by atoms with E-state index in [1.165, 1.54) is 0 Å². The monoisotopic (exact) mass is 348 g/mol. The van der Waals surface area contributed by atoms with Crippen LogP contribution in [-0.2, 0) is 23.2 Å². The van der Waals surface area contributed by atoms with Crippen LogP contribution in [-0.4, -0.2) is 76.5 Å². The molecular weight excluding hydrogens is 320 g/mol. The third-order valence-corrected chi connectivity index (χ3v) is 4.99. The first kappa shape index (κ1) is 17.9. The molecule has 1 atom stereocenters. The van der Waals surface area contributed by atoms with E-state index in [0.717, 1.165) is 57.8 Å². The van der Waals surface area contributed by atoms with Crippen molar-refractivity contribution in [1.82, 2.24) is 30.0 Å². The Hall–Kier alpha value is -1.93. The predicted molar refractivity (Wildman–Crippen MR) is 93.7 cm³/mol.